The molecule has 3 rings (SSSR count). The standard InChI is InChI=1S/C16H23NOS/c1-17-16-13-9-5-6-10-14(13)18-11-15(16)19-12-7-3-2-4-8-12/h5-6,9-10,12,15-17H,2-4,7-8,11H2,1H3. The molecule has 1 aromatic rings. The van der Waals surface area contributed by atoms with E-state index in [4.69, 9.17) is 4.74 Å². The van der Waals surface area contributed by atoms with E-state index in [0.717, 1.165) is 17.6 Å². The molecule has 0 radical (unpaired) electrons. The Morgan fingerprint density at radius 3 is 2.74 bits per heavy atom. The zero-order valence-electron chi connectivity index (χ0n) is 11.6. The van der Waals surface area contributed by atoms with Crippen LogP contribution in [0.1, 0.15) is 43.7 Å². The van der Waals surface area contributed by atoms with Crippen molar-refractivity contribution in [3.63, 3.8) is 0 Å². The van der Waals surface area contributed by atoms with E-state index in [1.165, 1.54) is 37.7 Å². The Kier molecular flexibility index (Phi) is 4.34. The average molecular weight is 277 g/mol. The summed E-state index contributed by atoms with van der Waals surface area (Å²) in [4.78, 5) is 0. The number of hydrogen-bond donors (Lipinski definition) is 1. The molecule has 1 fully saturated rings. The fourth-order valence-corrected chi connectivity index (χ4v) is 4.93. The van der Waals surface area contributed by atoms with Gasteiger partial charge in [0.05, 0.1) is 11.3 Å². The largest absolute Gasteiger partial charge is 0.492 e. The van der Waals surface area contributed by atoms with Crippen molar-refractivity contribution in [2.24, 2.45) is 0 Å². The van der Waals surface area contributed by atoms with Crippen molar-refractivity contribution in [3.05, 3.63) is 29.8 Å². The highest BCUT2D eigenvalue weighted by Gasteiger charge is 2.32. The van der Waals surface area contributed by atoms with Gasteiger partial charge in [0, 0.05) is 10.8 Å². The first-order valence-corrected chi connectivity index (χ1v) is 8.37. The van der Waals surface area contributed by atoms with Crippen LogP contribution < -0.4 is 10.1 Å². The van der Waals surface area contributed by atoms with Crippen LogP contribution in [0.5, 0.6) is 5.75 Å². The highest BCUT2D eigenvalue weighted by Crippen LogP contribution is 2.41. The Morgan fingerprint density at radius 1 is 1.16 bits per heavy atom. The fourth-order valence-electron chi connectivity index (χ4n) is 3.24. The molecule has 0 saturated heterocycles. The third kappa shape index (κ3) is 2.92. The molecule has 2 unspecified atom stereocenters. The smallest absolute Gasteiger partial charge is 0.124 e. The van der Waals surface area contributed by atoms with E-state index in [1.54, 1.807) is 0 Å². The van der Waals surface area contributed by atoms with E-state index in [-0.39, 0.29) is 0 Å². The zero-order valence-corrected chi connectivity index (χ0v) is 12.4. The van der Waals surface area contributed by atoms with Crippen LogP contribution in [0.4, 0.5) is 0 Å². The normalized spacial score (nSPS) is 27.6. The van der Waals surface area contributed by atoms with Crippen molar-refractivity contribution < 1.29 is 4.74 Å². The Bertz CT molecular complexity index is 417. The summed E-state index contributed by atoms with van der Waals surface area (Å²) < 4.78 is 5.95. The maximum atomic E-state index is 5.95. The third-order valence-corrected chi connectivity index (χ3v) is 5.87. The highest BCUT2D eigenvalue weighted by atomic mass is 32.2. The van der Waals surface area contributed by atoms with Gasteiger partial charge in [-0.05, 0) is 26.0 Å². The molecule has 3 heteroatoms. The fraction of sp³-hybridized carbons (Fsp3) is 0.625. The molecule has 1 saturated carbocycles. The lowest BCUT2D eigenvalue weighted by molar-refractivity contribution is 0.264. The molecule has 2 aliphatic rings. The minimum atomic E-state index is 0.428. The van der Waals surface area contributed by atoms with Crippen LogP contribution in [0.25, 0.3) is 0 Å². The molecule has 0 amide bonds. The molecule has 0 aromatic heterocycles. The van der Waals surface area contributed by atoms with Gasteiger partial charge in [-0.15, -0.1) is 11.8 Å². The van der Waals surface area contributed by atoms with Crippen LogP contribution in [0.3, 0.4) is 0 Å². The maximum absolute atomic E-state index is 5.95. The van der Waals surface area contributed by atoms with Crippen molar-refractivity contribution in [2.75, 3.05) is 13.7 Å². The number of thioether (sulfide) groups is 1. The van der Waals surface area contributed by atoms with Crippen molar-refractivity contribution in [1.82, 2.24) is 5.32 Å². The van der Waals surface area contributed by atoms with Crippen LogP contribution in [0.15, 0.2) is 24.3 Å². The number of para-hydroxylation sites is 1. The first-order chi connectivity index (χ1) is 9.38. The summed E-state index contributed by atoms with van der Waals surface area (Å²) in [6, 6.07) is 8.88. The van der Waals surface area contributed by atoms with Gasteiger partial charge in [0.2, 0.25) is 0 Å². The molecule has 1 aliphatic heterocycles. The number of rotatable bonds is 3. The number of fused-ring (bicyclic) bond motifs is 1. The lowest BCUT2D eigenvalue weighted by Gasteiger charge is -2.35. The Morgan fingerprint density at radius 2 is 1.95 bits per heavy atom. The lowest BCUT2D eigenvalue weighted by Crippen LogP contribution is -2.37. The van der Waals surface area contributed by atoms with Gasteiger partial charge in [-0.25, -0.2) is 0 Å². The van der Waals surface area contributed by atoms with Gasteiger partial charge in [-0.1, -0.05) is 37.5 Å². The summed E-state index contributed by atoms with van der Waals surface area (Å²) in [5, 5.41) is 4.88. The summed E-state index contributed by atoms with van der Waals surface area (Å²) >= 11 is 2.15. The Labute approximate surface area is 120 Å². The van der Waals surface area contributed by atoms with E-state index < -0.39 is 0 Å². The number of ether oxygens (including phenoxy) is 1. The van der Waals surface area contributed by atoms with Crippen LogP contribution in [0.2, 0.25) is 0 Å². The summed E-state index contributed by atoms with van der Waals surface area (Å²) in [7, 11) is 2.07. The van der Waals surface area contributed by atoms with Gasteiger partial charge < -0.3 is 10.1 Å². The first kappa shape index (κ1) is 13.3. The van der Waals surface area contributed by atoms with Gasteiger partial charge in [0.1, 0.15) is 12.4 Å². The molecule has 1 heterocycles. The van der Waals surface area contributed by atoms with Gasteiger partial charge in [0.25, 0.3) is 0 Å². The van der Waals surface area contributed by atoms with E-state index in [0.29, 0.717) is 11.3 Å². The molecule has 1 aliphatic carbocycles. The van der Waals surface area contributed by atoms with Crippen molar-refractivity contribution in [2.45, 2.75) is 48.6 Å². The Balaban J connectivity index is 1.72. The molecule has 1 aromatic carbocycles. The first-order valence-electron chi connectivity index (χ1n) is 7.43. The minimum Gasteiger partial charge on any atom is -0.492 e. The highest BCUT2D eigenvalue weighted by molar-refractivity contribution is 8.00. The molecule has 2 atom stereocenters. The average Bonchev–Trinajstić information content (AvgIpc) is 2.48. The van der Waals surface area contributed by atoms with Crippen LogP contribution in [0, 0.1) is 0 Å². The maximum Gasteiger partial charge on any atom is 0.124 e. The van der Waals surface area contributed by atoms with Crippen molar-refractivity contribution in [1.29, 1.82) is 0 Å². The monoisotopic (exact) mass is 277 g/mol. The number of benzene rings is 1. The van der Waals surface area contributed by atoms with Crippen LogP contribution >= 0.6 is 11.8 Å². The second-order valence-electron chi connectivity index (χ2n) is 5.55. The minimum absolute atomic E-state index is 0.428. The summed E-state index contributed by atoms with van der Waals surface area (Å²) in [6.07, 6.45) is 7.02. The predicted octanol–water partition coefficient (Wildman–Crippen LogP) is 3.77. The molecule has 104 valence electrons. The molecule has 0 spiro atoms. The topological polar surface area (TPSA) is 21.3 Å². The van der Waals surface area contributed by atoms with E-state index in [2.05, 4.69) is 48.4 Å². The molecular formula is C16H23NOS. The van der Waals surface area contributed by atoms with E-state index >= 15 is 0 Å². The second kappa shape index (κ2) is 6.19. The molecule has 19 heavy (non-hydrogen) atoms. The predicted molar refractivity (Wildman–Crippen MR) is 82.0 cm³/mol. The third-order valence-electron chi connectivity index (χ3n) is 4.26. The van der Waals surface area contributed by atoms with Crippen LogP contribution in [-0.4, -0.2) is 24.2 Å². The molecule has 2 nitrogen and oxygen atoms in total. The van der Waals surface area contributed by atoms with Crippen molar-refractivity contribution >= 4 is 11.8 Å². The summed E-state index contributed by atoms with van der Waals surface area (Å²) in [5.41, 5.74) is 1.32. The van der Waals surface area contributed by atoms with E-state index in [9.17, 15) is 0 Å². The lowest BCUT2D eigenvalue weighted by atomic mass is 10.00. The molecule has 1 N–H and O–H groups in total. The van der Waals surface area contributed by atoms with Gasteiger partial charge in [-0.2, -0.15) is 0 Å². The zero-order chi connectivity index (χ0) is 13.1. The van der Waals surface area contributed by atoms with Gasteiger partial charge in [-0.3, -0.25) is 0 Å². The molecule has 0 bridgehead atoms. The Hall–Kier alpha value is -0.670. The number of nitrogens with one attached hydrogen (secondary N) is 1. The molecular weight excluding hydrogens is 254 g/mol. The summed E-state index contributed by atoms with van der Waals surface area (Å²) in [6.45, 7) is 0.837. The summed E-state index contributed by atoms with van der Waals surface area (Å²) in [5.74, 6) is 1.06. The van der Waals surface area contributed by atoms with E-state index in [1.807, 2.05) is 0 Å². The number of hydrogen-bond acceptors (Lipinski definition) is 3. The van der Waals surface area contributed by atoms with Gasteiger partial charge >= 0.3 is 0 Å². The van der Waals surface area contributed by atoms with Gasteiger partial charge in [0.15, 0.2) is 0 Å². The SMILES string of the molecule is CNC1c2ccccc2OCC1SC1CCCCC1. The van der Waals surface area contributed by atoms with Crippen molar-refractivity contribution in [3.8, 4) is 5.75 Å². The van der Waals surface area contributed by atoms with Crippen LogP contribution in [-0.2, 0) is 0 Å². The quantitative estimate of drug-likeness (QED) is 0.908. The second-order valence-corrected chi connectivity index (χ2v) is 7.09.